The van der Waals surface area contributed by atoms with E-state index in [4.69, 9.17) is 14.2 Å². The summed E-state index contributed by atoms with van der Waals surface area (Å²) in [5, 5.41) is 8.54. The number of amides is 2. The van der Waals surface area contributed by atoms with Crippen LogP contribution >= 0.6 is 0 Å². The third-order valence-corrected chi connectivity index (χ3v) is 5.07. The fourth-order valence-electron chi connectivity index (χ4n) is 3.01. The molecule has 0 atom stereocenters. The van der Waals surface area contributed by atoms with Crippen LogP contribution in [-0.2, 0) is 32.2 Å². The van der Waals surface area contributed by atoms with Gasteiger partial charge in [0.05, 0.1) is 5.41 Å². The number of carbonyl (C=O) groups excluding carboxylic acids is 3. The van der Waals surface area contributed by atoms with E-state index >= 15 is 0 Å². The van der Waals surface area contributed by atoms with Gasteiger partial charge >= 0.3 is 18.2 Å². The minimum Gasteiger partial charge on any atom is -0.460 e. The first-order chi connectivity index (χ1) is 18.4. The molecule has 2 aromatic carbocycles. The highest BCUT2D eigenvalue weighted by molar-refractivity contribution is 5.84. The van der Waals surface area contributed by atoms with Crippen LogP contribution in [0.15, 0.2) is 72.8 Å². The minimum absolute atomic E-state index is 0.0186. The molecule has 0 aliphatic carbocycles. The van der Waals surface area contributed by atoms with Gasteiger partial charge in [-0.15, -0.1) is 0 Å². The fraction of sp³-hybridized carbons (Fsp3) is 0.367. The SMILES string of the molecule is C=C(/C=C\CNC(=O)OCc1ccc(NC(C)C)cc1)COC(=O)Nc1ccc(COC(=O)C(C)(C)C)cc1. The van der Waals surface area contributed by atoms with Gasteiger partial charge in [0.25, 0.3) is 0 Å². The second kappa shape index (κ2) is 15.2. The monoisotopic (exact) mass is 537 g/mol. The molecule has 0 aliphatic heterocycles. The molecule has 0 unspecified atom stereocenters. The Morgan fingerprint density at radius 3 is 1.97 bits per heavy atom. The van der Waals surface area contributed by atoms with Crippen LogP contribution in [0.5, 0.6) is 0 Å². The topological polar surface area (TPSA) is 115 Å². The van der Waals surface area contributed by atoms with E-state index in [9.17, 15) is 14.4 Å². The first kappa shape index (κ1) is 31.0. The van der Waals surface area contributed by atoms with Crippen LogP contribution in [0.2, 0.25) is 0 Å². The lowest BCUT2D eigenvalue weighted by molar-refractivity contribution is -0.154. The summed E-state index contributed by atoms with van der Waals surface area (Å²) in [5.74, 6) is -0.282. The summed E-state index contributed by atoms with van der Waals surface area (Å²) >= 11 is 0. The Kier molecular flexibility index (Phi) is 12.1. The molecule has 0 saturated carbocycles. The van der Waals surface area contributed by atoms with Crippen LogP contribution < -0.4 is 16.0 Å². The molecule has 2 rings (SSSR count). The standard InChI is InChI=1S/C30H39N3O6/c1-21(2)32-25-13-9-24(10-14-25)20-39-28(35)31-17-7-8-22(3)18-38-29(36)33-26-15-11-23(12-16-26)19-37-27(34)30(4,5)6/h7-16,21,32H,3,17-20H2,1-2,4-6H3,(H,31,35)(H,33,36)/b8-7-. The van der Waals surface area contributed by atoms with Crippen molar-refractivity contribution in [3.05, 3.63) is 84.0 Å². The highest BCUT2D eigenvalue weighted by Gasteiger charge is 2.22. The summed E-state index contributed by atoms with van der Waals surface area (Å²) < 4.78 is 15.6. The molecule has 0 bridgehead atoms. The summed E-state index contributed by atoms with van der Waals surface area (Å²) in [4.78, 5) is 35.8. The molecular formula is C30H39N3O6. The average Bonchev–Trinajstić information content (AvgIpc) is 2.88. The van der Waals surface area contributed by atoms with Gasteiger partial charge in [-0.2, -0.15) is 0 Å². The first-order valence-corrected chi connectivity index (χ1v) is 12.7. The predicted octanol–water partition coefficient (Wildman–Crippen LogP) is 6.18. The van der Waals surface area contributed by atoms with Crippen molar-refractivity contribution >= 4 is 29.5 Å². The summed E-state index contributed by atoms with van der Waals surface area (Å²) in [6.07, 6.45) is 2.17. The lowest BCUT2D eigenvalue weighted by atomic mass is 9.97. The van der Waals surface area contributed by atoms with Crippen molar-refractivity contribution in [1.82, 2.24) is 5.32 Å². The van der Waals surface area contributed by atoms with Crippen molar-refractivity contribution in [2.45, 2.75) is 53.9 Å². The largest absolute Gasteiger partial charge is 0.460 e. The van der Waals surface area contributed by atoms with E-state index in [0.29, 0.717) is 17.3 Å². The molecule has 0 fully saturated rings. The van der Waals surface area contributed by atoms with Crippen LogP contribution in [0, 0.1) is 5.41 Å². The van der Waals surface area contributed by atoms with E-state index in [1.165, 1.54) is 0 Å². The van der Waals surface area contributed by atoms with Gasteiger partial charge in [-0.25, -0.2) is 9.59 Å². The van der Waals surface area contributed by atoms with Gasteiger partial charge in [0, 0.05) is 24.0 Å². The van der Waals surface area contributed by atoms with Crippen molar-refractivity contribution < 1.29 is 28.6 Å². The summed E-state index contributed by atoms with van der Waals surface area (Å²) in [6.45, 7) is 13.9. The van der Waals surface area contributed by atoms with Crippen LogP contribution in [0.25, 0.3) is 0 Å². The van der Waals surface area contributed by atoms with E-state index in [2.05, 4.69) is 36.4 Å². The number of carbonyl (C=O) groups is 3. The third kappa shape index (κ3) is 12.7. The quantitative estimate of drug-likeness (QED) is 0.168. The number of ether oxygens (including phenoxy) is 3. The smallest absolute Gasteiger partial charge is 0.411 e. The summed E-state index contributed by atoms with van der Waals surface area (Å²) in [6, 6.07) is 14.9. The highest BCUT2D eigenvalue weighted by atomic mass is 16.6. The lowest BCUT2D eigenvalue weighted by Crippen LogP contribution is -2.24. The third-order valence-electron chi connectivity index (χ3n) is 5.07. The number of alkyl carbamates (subject to hydrolysis) is 1. The molecule has 2 amide bonds. The molecule has 2 aromatic rings. The Morgan fingerprint density at radius 1 is 0.846 bits per heavy atom. The van der Waals surface area contributed by atoms with E-state index in [-0.39, 0.29) is 32.3 Å². The van der Waals surface area contributed by atoms with Gasteiger partial charge in [0.1, 0.15) is 19.8 Å². The van der Waals surface area contributed by atoms with Crippen molar-refractivity contribution in [3.63, 3.8) is 0 Å². The number of esters is 1. The van der Waals surface area contributed by atoms with Gasteiger partial charge in [-0.1, -0.05) is 43.0 Å². The average molecular weight is 538 g/mol. The molecule has 210 valence electrons. The van der Waals surface area contributed by atoms with Crippen molar-refractivity contribution in [3.8, 4) is 0 Å². The second-order valence-corrected chi connectivity index (χ2v) is 10.2. The van der Waals surface area contributed by atoms with Crippen molar-refractivity contribution in [2.24, 2.45) is 5.41 Å². The zero-order chi connectivity index (χ0) is 28.8. The first-order valence-electron chi connectivity index (χ1n) is 12.7. The molecule has 9 heteroatoms. The van der Waals surface area contributed by atoms with Crippen LogP contribution in [0.4, 0.5) is 21.0 Å². The Balaban J connectivity index is 1.61. The molecule has 0 spiro atoms. The zero-order valence-corrected chi connectivity index (χ0v) is 23.3. The van der Waals surface area contributed by atoms with Crippen LogP contribution in [0.3, 0.4) is 0 Å². The minimum atomic E-state index is -0.633. The van der Waals surface area contributed by atoms with Gasteiger partial charge in [-0.3, -0.25) is 10.1 Å². The predicted molar refractivity (Wildman–Crippen MR) is 152 cm³/mol. The number of hydrogen-bond acceptors (Lipinski definition) is 7. The normalized spacial score (nSPS) is 11.1. The molecule has 9 nitrogen and oxygen atoms in total. The summed E-state index contributed by atoms with van der Waals surface area (Å²) in [7, 11) is 0. The van der Waals surface area contributed by atoms with Gasteiger partial charge in [-0.05, 0) is 75.6 Å². The van der Waals surface area contributed by atoms with Crippen LogP contribution in [-0.4, -0.2) is 37.3 Å². The Bertz CT molecular complexity index is 1130. The van der Waals surface area contributed by atoms with E-state index in [1.54, 1.807) is 57.2 Å². The van der Waals surface area contributed by atoms with Gasteiger partial charge in [0.2, 0.25) is 0 Å². The molecule has 39 heavy (non-hydrogen) atoms. The number of hydrogen-bond donors (Lipinski definition) is 3. The maximum absolute atomic E-state index is 12.1. The molecular weight excluding hydrogens is 498 g/mol. The number of benzene rings is 2. The number of anilines is 2. The van der Waals surface area contributed by atoms with Gasteiger partial charge in [0.15, 0.2) is 0 Å². The van der Waals surface area contributed by atoms with E-state index in [0.717, 1.165) is 16.8 Å². The lowest BCUT2D eigenvalue weighted by Gasteiger charge is -2.16. The Morgan fingerprint density at radius 2 is 1.41 bits per heavy atom. The molecule has 0 aliphatic rings. The van der Waals surface area contributed by atoms with Gasteiger partial charge < -0.3 is 24.8 Å². The Hall–Kier alpha value is -4.27. The van der Waals surface area contributed by atoms with Crippen molar-refractivity contribution in [1.29, 1.82) is 0 Å². The molecule has 0 heterocycles. The number of nitrogens with one attached hydrogen (secondary N) is 3. The van der Waals surface area contributed by atoms with E-state index in [1.807, 2.05) is 24.3 Å². The molecule has 0 saturated heterocycles. The maximum Gasteiger partial charge on any atom is 0.411 e. The van der Waals surface area contributed by atoms with Crippen molar-refractivity contribution in [2.75, 3.05) is 23.8 Å². The fourth-order valence-corrected chi connectivity index (χ4v) is 3.01. The maximum atomic E-state index is 12.1. The molecule has 3 N–H and O–H groups in total. The van der Waals surface area contributed by atoms with E-state index < -0.39 is 17.6 Å². The highest BCUT2D eigenvalue weighted by Crippen LogP contribution is 2.17. The zero-order valence-electron chi connectivity index (χ0n) is 23.3. The summed E-state index contributed by atoms with van der Waals surface area (Å²) in [5.41, 5.74) is 3.22. The second-order valence-electron chi connectivity index (χ2n) is 10.2. The Labute approximate surface area is 230 Å². The molecule has 0 radical (unpaired) electrons. The van der Waals surface area contributed by atoms with Crippen LogP contribution in [0.1, 0.15) is 45.7 Å². The number of rotatable bonds is 12. The molecule has 0 aromatic heterocycles.